The van der Waals surface area contributed by atoms with Crippen LogP contribution in [0.5, 0.6) is 0 Å². The molecule has 0 saturated heterocycles. The number of rotatable bonds is 8. The first kappa shape index (κ1) is 21.7. The summed E-state index contributed by atoms with van der Waals surface area (Å²) in [4.78, 5) is 12.8. The molecule has 1 amide bonds. The minimum absolute atomic E-state index is 0.0365. The molecule has 5 nitrogen and oxygen atoms in total. The van der Waals surface area contributed by atoms with Crippen molar-refractivity contribution in [2.24, 2.45) is 5.92 Å². The lowest BCUT2D eigenvalue weighted by Gasteiger charge is -2.12. The Morgan fingerprint density at radius 1 is 1.10 bits per heavy atom. The van der Waals surface area contributed by atoms with E-state index in [1.165, 1.54) is 36.4 Å². The number of para-hydroxylation sites is 1. The van der Waals surface area contributed by atoms with Crippen molar-refractivity contribution >= 4 is 33.4 Å². The maximum Gasteiger partial charge on any atom is 0.398 e. The molecule has 1 fully saturated rings. The Kier molecular flexibility index (Phi) is 6.55. The van der Waals surface area contributed by atoms with Crippen molar-refractivity contribution in [3.8, 4) is 0 Å². The molecule has 0 aliphatic heterocycles. The van der Waals surface area contributed by atoms with Crippen molar-refractivity contribution in [2.45, 2.75) is 28.8 Å². The lowest BCUT2D eigenvalue weighted by Crippen LogP contribution is -2.26. The minimum atomic E-state index is -4.34. The lowest BCUT2D eigenvalue weighted by atomic mass is 10.2. The van der Waals surface area contributed by atoms with E-state index in [1.807, 2.05) is 0 Å². The molecular weight excluding hydrogens is 425 g/mol. The molecule has 2 aromatic carbocycles. The summed E-state index contributed by atoms with van der Waals surface area (Å²) >= 11 is 0.568. The van der Waals surface area contributed by atoms with Crippen LogP contribution in [0.3, 0.4) is 0 Å². The second-order valence-electron chi connectivity index (χ2n) is 6.68. The van der Waals surface area contributed by atoms with Gasteiger partial charge in [-0.3, -0.25) is 4.79 Å². The van der Waals surface area contributed by atoms with Gasteiger partial charge in [0.15, 0.2) is 0 Å². The van der Waals surface area contributed by atoms with E-state index in [-0.39, 0.29) is 21.0 Å². The first-order chi connectivity index (χ1) is 13.6. The Bertz CT molecular complexity index is 990. The molecule has 3 rings (SSSR count). The number of halogens is 3. The number of alkyl halides is 3. The summed E-state index contributed by atoms with van der Waals surface area (Å²) in [5.41, 5.74) is 0.321. The predicted molar refractivity (Wildman–Crippen MR) is 106 cm³/mol. The average molecular weight is 445 g/mol. The largest absolute Gasteiger partial charge is 0.398 e. The molecule has 0 spiro atoms. The van der Waals surface area contributed by atoms with Crippen LogP contribution in [0.2, 0.25) is 0 Å². The van der Waals surface area contributed by atoms with Crippen molar-refractivity contribution in [3.05, 3.63) is 54.1 Å². The van der Waals surface area contributed by atoms with E-state index in [2.05, 4.69) is 10.0 Å². The van der Waals surface area contributed by atoms with Gasteiger partial charge in [0, 0.05) is 17.0 Å². The van der Waals surface area contributed by atoms with Crippen molar-refractivity contribution in [1.29, 1.82) is 0 Å². The summed E-state index contributed by atoms with van der Waals surface area (Å²) in [6.45, 7) is 0.364. The number of hydrogen-bond donors (Lipinski definition) is 2. The number of amides is 1. The van der Waals surface area contributed by atoms with Crippen molar-refractivity contribution in [2.75, 3.05) is 17.6 Å². The third-order valence-corrected chi connectivity index (χ3v) is 6.75. The third kappa shape index (κ3) is 6.48. The topological polar surface area (TPSA) is 75.3 Å². The van der Waals surface area contributed by atoms with Crippen LogP contribution in [0.1, 0.15) is 23.2 Å². The Balaban J connectivity index is 1.73. The van der Waals surface area contributed by atoms with Gasteiger partial charge in [-0.15, -0.1) is 11.8 Å². The van der Waals surface area contributed by atoms with Crippen LogP contribution in [-0.4, -0.2) is 32.8 Å². The molecule has 0 heterocycles. The molecule has 2 N–H and O–H groups in total. The summed E-state index contributed by atoms with van der Waals surface area (Å²) in [5, 5.41) is 2.56. The van der Waals surface area contributed by atoms with Crippen molar-refractivity contribution in [1.82, 2.24) is 4.72 Å². The zero-order valence-electron chi connectivity index (χ0n) is 15.2. The standard InChI is InChI=1S/C19H19F3N2O3S2/c20-19(21,22)12-28-17-7-2-1-6-16(17)24-18(25)14-4-3-5-15(10-14)29(26,27)23-11-13-8-9-13/h1-7,10,13,23H,8-9,11-12H2,(H,24,25). The second-order valence-corrected chi connectivity index (χ2v) is 9.46. The molecule has 29 heavy (non-hydrogen) atoms. The maximum absolute atomic E-state index is 12.6. The van der Waals surface area contributed by atoms with Gasteiger partial charge < -0.3 is 5.32 Å². The molecule has 0 bridgehead atoms. The Labute approximate surface area is 171 Å². The van der Waals surface area contributed by atoms with Crippen LogP contribution in [0, 0.1) is 5.92 Å². The van der Waals surface area contributed by atoms with Gasteiger partial charge in [0.05, 0.1) is 16.3 Å². The van der Waals surface area contributed by atoms with Crippen LogP contribution in [0.4, 0.5) is 18.9 Å². The molecule has 10 heteroatoms. The van der Waals surface area contributed by atoms with Crippen LogP contribution < -0.4 is 10.0 Å². The zero-order chi connectivity index (χ0) is 21.1. The maximum atomic E-state index is 12.6. The minimum Gasteiger partial charge on any atom is -0.321 e. The molecule has 156 valence electrons. The fraction of sp³-hybridized carbons (Fsp3) is 0.316. The second kappa shape index (κ2) is 8.76. The number of benzene rings is 2. The van der Waals surface area contributed by atoms with Crippen LogP contribution >= 0.6 is 11.8 Å². The molecule has 0 aromatic heterocycles. The summed E-state index contributed by atoms with van der Waals surface area (Å²) < 4.78 is 64.8. The first-order valence-corrected chi connectivity index (χ1v) is 11.3. The third-order valence-electron chi connectivity index (χ3n) is 4.19. The number of hydrogen-bond acceptors (Lipinski definition) is 4. The zero-order valence-corrected chi connectivity index (χ0v) is 16.8. The number of sulfonamides is 1. The molecule has 2 aromatic rings. The van der Waals surface area contributed by atoms with Crippen LogP contribution in [-0.2, 0) is 10.0 Å². The van der Waals surface area contributed by atoms with E-state index in [4.69, 9.17) is 0 Å². The lowest BCUT2D eigenvalue weighted by molar-refractivity contribution is -0.105. The molecule has 1 aliphatic rings. The molecule has 1 aliphatic carbocycles. The van der Waals surface area contributed by atoms with Crippen molar-refractivity contribution < 1.29 is 26.4 Å². The van der Waals surface area contributed by atoms with E-state index in [9.17, 15) is 26.4 Å². The van der Waals surface area contributed by atoms with Crippen LogP contribution in [0.15, 0.2) is 58.3 Å². The Morgan fingerprint density at radius 3 is 2.52 bits per heavy atom. The van der Waals surface area contributed by atoms with E-state index in [0.29, 0.717) is 24.2 Å². The highest BCUT2D eigenvalue weighted by molar-refractivity contribution is 7.99. The average Bonchev–Trinajstić information content (AvgIpc) is 3.50. The van der Waals surface area contributed by atoms with Gasteiger partial charge in [-0.05, 0) is 49.1 Å². The molecule has 0 unspecified atom stereocenters. The Hall–Kier alpha value is -2.04. The number of carbonyl (C=O) groups is 1. The summed E-state index contributed by atoms with van der Waals surface area (Å²) in [6.07, 6.45) is -2.34. The van der Waals surface area contributed by atoms with Gasteiger partial charge in [0.1, 0.15) is 0 Å². The Morgan fingerprint density at radius 2 is 1.83 bits per heavy atom. The van der Waals surface area contributed by atoms with Crippen LogP contribution in [0.25, 0.3) is 0 Å². The summed E-state index contributed by atoms with van der Waals surface area (Å²) in [6, 6.07) is 11.7. The van der Waals surface area contributed by atoms with Crippen molar-refractivity contribution in [3.63, 3.8) is 0 Å². The van der Waals surface area contributed by atoms with Gasteiger partial charge in [-0.25, -0.2) is 13.1 Å². The number of thioether (sulfide) groups is 1. The number of anilines is 1. The quantitative estimate of drug-likeness (QED) is 0.596. The smallest absolute Gasteiger partial charge is 0.321 e. The van der Waals surface area contributed by atoms with E-state index < -0.39 is 27.9 Å². The number of carbonyl (C=O) groups excluding carboxylic acids is 1. The normalized spacial score (nSPS) is 14.6. The molecule has 0 radical (unpaired) electrons. The fourth-order valence-electron chi connectivity index (χ4n) is 2.49. The van der Waals surface area contributed by atoms with E-state index in [0.717, 1.165) is 12.8 Å². The summed E-state index contributed by atoms with van der Waals surface area (Å²) in [5.74, 6) is -1.33. The monoisotopic (exact) mass is 444 g/mol. The molecular formula is C19H19F3N2O3S2. The van der Waals surface area contributed by atoms with Gasteiger partial charge in [-0.2, -0.15) is 13.2 Å². The van der Waals surface area contributed by atoms with E-state index in [1.54, 1.807) is 12.1 Å². The highest BCUT2D eigenvalue weighted by Gasteiger charge is 2.28. The first-order valence-electron chi connectivity index (χ1n) is 8.84. The van der Waals surface area contributed by atoms with Gasteiger partial charge in [0.2, 0.25) is 10.0 Å². The summed E-state index contributed by atoms with van der Waals surface area (Å²) in [7, 11) is -3.74. The highest BCUT2D eigenvalue weighted by Crippen LogP contribution is 2.32. The molecule has 1 saturated carbocycles. The van der Waals surface area contributed by atoms with Gasteiger partial charge >= 0.3 is 6.18 Å². The fourth-order valence-corrected chi connectivity index (χ4v) is 4.42. The molecule has 0 atom stereocenters. The SMILES string of the molecule is O=C(Nc1ccccc1SCC(F)(F)F)c1cccc(S(=O)(=O)NCC2CC2)c1. The highest BCUT2D eigenvalue weighted by atomic mass is 32.2. The van der Waals surface area contributed by atoms with Gasteiger partial charge in [-0.1, -0.05) is 18.2 Å². The predicted octanol–water partition coefficient (Wildman–Crippen LogP) is 4.28. The van der Waals surface area contributed by atoms with E-state index >= 15 is 0 Å². The van der Waals surface area contributed by atoms with Gasteiger partial charge in [0.25, 0.3) is 5.91 Å². The number of nitrogens with one attached hydrogen (secondary N) is 2.